The fraction of sp³-hybridized carbons (Fsp3) is 1.00. The van der Waals surface area contributed by atoms with Crippen molar-refractivity contribution in [3.05, 3.63) is 0 Å². The van der Waals surface area contributed by atoms with Gasteiger partial charge in [-0.25, -0.2) is 0 Å². The standard InChI is InChI=1S/C7H13BrO/c1-9-7(6-8)4-2-3-5-7/h2-6H2,1H3. The Bertz CT molecular complexity index is 80.9. The maximum absolute atomic E-state index is 5.40. The van der Waals surface area contributed by atoms with Gasteiger partial charge in [-0.15, -0.1) is 0 Å². The van der Waals surface area contributed by atoms with Gasteiger partial charge in [0.2, 0.25) is 0 Å². The summed E-state index contributed by atoms with van der Waals surface area (Å²) in [5.74, 6) is 0. The van der Waals surface area contributed by atoms with Gasteiger partial charge in [0.05, 0.1) is 5.60 Å². The Morgan fingerprint density at radius 1 is 1.44 bits per heavy atom. The summed E-state index contributed by atoms with van der Waals surface area (Å²) in [5.41, 5.74) is 0.194. The zero-order valence-corrected chi connectivity index (χ0v) is 7.41. The Balaban J connectivity index is 2.45. The molecule has 1 rings (SSSR count). The Kier molecular flexibility index (Phi) is 2.53. The maximum atomic E-state index is 5.40. The van der Waals surface area contributed by atoms with Gasteiger partial charge in [0.1, 0.15) is 0 Å². The molecule has 0 N–H and O–H groups in total. The third-order valence-corrected chi connectivity index (χ3v) is 3.21. The van der Waals surface area contributed by atoms with E-state index >= 15 is 0 Å². The van der Waals surface area contributed by atoms with Gasteiger partial charge in [-0.2, -0.15) is 0 Å². The fourth-order valence-electron chi connectivity index (χ4n) is 1.41. The Hall–Kier alpha value is 0.440. The fourth-order valence-corrected chi connectivity index (χ4v) is 2.20. The van der Waals surface area contributed by atoms with Crippen LogP contribution >= 0.6 is 15.9 Å². The van der Waals surface area contributed by atoms with Gasteiger partial charge in [0.15, 0.2) is 0 Å². The summed E-state index contributed by atoms with van der Waals surface area (Å²) >= 11 is 3.47. The molecule has 1 aliphatic rings. The third kappa shape index (κ3) is 1.47. The zero-order valence-electron chi connectivity index (χ0n) is 5.82. The Morgan fingerprint density at radius 2 is 2.00 bits per heavy atom. The van der Waals surface area contributed by atoms with Crippen LogP contribution in [-0.4, -0.2) is 18.0 Å². The van der Waals surface area contributed by atoms with Crippen molar-refractivity contribution in [2.45, 2.75) is 31.3 Å². The maximum Gasteiger partial charge on any atom is 0.0775 e. The van der Waals surface area contributed by atoms with Gasteiger partial charge in [-0.05, 0) is 12.8 Å². The minimum atomic E-state index is 0.194. The van der Waals surface area contributed by atoms with Gasteiger partial charge >= 0.3 is 0 Å². The molecule has 0 atom stereocenters. The summed E-state index contributed by atoms with van der Waals surface area (Å²) in [6, 6.07) is 0. The normalized spacial score (nSPS) is 24.7. The van der Waals surface area contributed by atoms with Crippen molar-refractivity contribution in [2.24, 2.45) is 0 Å². The smallest absolute Gasteiger partial charge is 0.0775 e. The first kappa shape index (κ1) is 7.55. The molecule has 1 nitrogen and oxygen atoms in total. The number of ether oxygens (including phenoxy) is 1. The highest BCUT2D eigenvalue weighted by Crippen LogP contribution is 2.33. The molecule has 0 spiro atoms. The van der Waals surface area contributed by atoms with Crippen molar-refractivity contribution < 1.29 is 4.74 Å². The van der Waals surface area contributed by atoms with E-state index in [-0.39, 0.29) is 5.60 Å². The van der Waals surface area contributed by atoms with Crippen molar-refractivity contribution in [1.82, 2.24) is 0 Å². The number of alkyl halides is 1. The third-order valence-electron chi connectivity index (χ3n) is 2.19. The number of hydrogen-bond acceptors (Lipinski definition) is 1. The highest BCUT2D eigenvalue weighted by molar-refractivity contribution is 9.09. The molecule has 0 unspecified atom stereocenters. The number of hydrogen-bond donors (Lipinski definition) is 0. The van der Waals surface area contributed by atoms with Crippen LogP contribution in [0, 0.1) is 0 Å². The average Bonchev–Trinajstić information content (AvgIpc) is 2.36. The summed E-state index contributed by atoms with van der Waals surface area (Å²) < 4.78 is 5.40. The predicted octanol–water partition coefficient (Wildman–Crippen LogP) is 2.34. The van der Waals surface area contributed by atoms with Gasteiger partial charge in [-0.1, -0.05) is 28.8 Å². The predicted molar refractivity (Wildman–Crippen MR) is 42.0 cm³/mol. The summed E-state index contributed by atoms with van der Waals surface area (Å²) in [5, 5.41) is 0.997. The molecule has 0 aromatic carbocycles. The largest absolute Gasteiger partial charge is 0.377 e. The van der Waals surface area contributed by atoms with E-state index in [1.54, 1.807) is 0 Å². The van der Waals surface area contributed by atoms with E-state index in [2.05, 4.69) is 15.9 Å². The van der Waals surface area contributed by atoms with Crippen LogP contribution in [0.5, 0.6) is 0 Å². The molecule has 0 bridgehead atoms. The summed E-state index contributed by atoms with van der Waals surface area (Å²) in [7, 11) is 1.81. The summed E-state index contributed by atoms with van der Waals surface area (Å²) in [6.07, 6.45) is 5.13. The van der Waals surface area contributed by atoms with E-state index in [4.69, 9.17) is 4.74 Å². The topological polar surface area (TPSA) is 9.23 Å². The SMILES string of the molecule is COC1(CBr)CCCC1. The van der Waals surface area contributed by atoms with Crippen LogP contribution in [0.3, 0.4) is 0 Å². The lowest BCUT2D eigenvalue weighted by Crippen LogP contribution is -2.28. The van der Waals surface area contributed by atoms with E-state index in [0.717, 1.165) is 5.33 Å². The zero-order chi connectivity index (χ0) is 6.74. The second-order valence-corrected chi connectivity index (χ2v) is 3.29. The molecule has 0 heterocycles. The molecule has 1 saturated carbocycles. The van der Waals surface area contributed by atoms with E-state index in [9.17, 15) is 0 Å². The molecule has 0 aromatic rings. The van der Waals surface area contributed by atoms with Crippen molar-refractivity contribution in [3.63, 3.8) is 0 Å². The van der Waals surface area contributed by atoms with Crippen LogP contribution < -0.4 is 0 Å². The average molecular weight is 193 g/mol. The molecule has 0 aliphatic heterocycles. The molecular formula is C7H13BrO. The van der Waals surface area contributed by atoms with E-state index < -0.39 is 0 Å². The first-order chi connectivity index (χ1) is 4.33. The number of rotatable bonds is 2. The minimum absolute atomic E-state index is 0.194. The quantitative estimate of drug-likeness (QED) is 0.611. The van der Waals surface area contributed by atoms with Crippen molar-refractivity contribution in [2.75, 3.05) is 12.4 Å². The second-order valence-electron chi connectivity index (χ2n) is 2.73. The van der Waals surface area contributed by atoms with E-state index in [1.807, 2.05) is 7.11 Å². The van der Waals surface area contributed by atoms with Gasteiger partial charge < -0.3 is 4.74 Å². The van der Waals surface area contributed by atoms with Crippen LogP contribution in [0.4, 0.5) is 0 Å². The van der Waals surface area contributed by atoms with Crippen LogP contribution in [0.1, 0.15) is 25.7 Å². The van der Waals surface area contributed by atoms with Crippen LogP contribution in [-0.2, 0) is 4.74 Å². The molecule has 1 aliphatic carbocycles. The lowest BCUT2D eigenvalue weighted by atomic mass is 10.1. The lowest BCUT2D eigenvalue weighted by molar-refractivity contribution is 0.0180. The van der Waals surface area contributed by atoms with Crippen molar-refractivity contribution in [1.29, 1.82) is 0 Å². The van der Waals surface area contributed by atoms with E-state index in [1.165, 1.54) is 25.7 Å². The molecule has 9 heavy (non-hydrogen) atoms. The van der Waals surface area contributed by atoms with Crippen LogP contribution in [0.2, 0.25) is 0 Å². The molecule has 0 radical (unpaired) electrons. The van der Waals surface area contributed by atoms with Gasteiger partial charge in [0.25, 0.3) is 0 Å². The van der Waals surface area contributed by atoms with Gasteiger partial charge in [0, 0.05) is 12.4 Å². The Morgan fingerprint density at radius 3 is 2.22 bits per heavy atom. The lowest BCUT2D eigenvalue weighted by Gasteiger charge is -2.23. The first-order valence-electron chi connectivity index (χ1n) is 3.44. The summed E-state index contributed by atoms with van der Waals surface area (Å²) in [6.45, 7) is 0. The molecular weight excluding hydrogens is 180 g/mol. The minimum Gasteiger partial charge on any atom is -0.377 e. The first-order valence-corrected chi connectivity index (χ1v) is 4.56. The molecule has 1 fully saturated rings. The number of halogens is 1. The summed E-state index contributed by atoms with van der Waals surface area (Å²) in [4.78, 5) is 0. The van der Waals surface area contributed by atoms with E-state index in [0.29, 0.717) is 0 Å². The number of methoxy groups -OCH3 is 1. The molecule has 0 saturated heterocycles. The van der Waals surface area contributed by atoms with Crippen molar-refractivity contribution in [3.8, 4) is 0 Å². The highest BCUT2D eigenvalue weighted by Gasteiger charge is 2.31. The molecule has 0 aromatic heterocycles. The monoisotopic (exact) mass is 192 g/mol. The highest BCUT2D eigenvalue weighted by atomic mass is 79.9. The van der Waals surface area contributed by atoms with Crippen LogP contribution in [0.15, 0.2) is 0 Å². The molecule has 54 valence electrons. The second kappa shape index (κ2) is 3.02. The van der Waals surface area contributed by atoms with Crippen molar-refractivity contribution >= 4 is 15.9 Å². The molecule has 0 amide bonds. The van der Waals surface area contributed by atoms with Crippen LogP contribution in [0.25, 0.3) is 0 Å². The van der Waals surface area contributed by atoms with Gasteiger partial charge in [-0.3, -0.25) is 0 Å². The molecule has 2 heteroatoms. The Labute approximate surface area is 64.9 Å².